The van der Waals surface area contributed by atoms with E-state index >= 15 is 0 Å². The number of hydrogen-bond donors (Lipinski definition) is 1. The maximum Gasteiger partial charge on any atom is 0.416 e. The molecule has 2 aliphatic rings. The molecule has 35 heavy (non-hydrogen) atoms. The first-order chi connectivity index (χ1) is 16.8. The molecular formula is C24H29F3N4O3S. The lowest BCUT2D eigenvalue weighted by Gasteiger charge is -2.27. The van der Waals surface area contributed by atoms with Gasteiger partial charge in [-0.25, -0.2) is 4.79 Å². The van der Waals surface area contributed by atoms with Crippen LogP contribution in [0.5, 0.6) is 0 Å². The standard InChI is InChI=1S/C24H29F3N4O3S/c25-24(26,27)17-6-8-18(9-7-17)28-21(32)16-35-22-19-4-1-2-5-20(19)31(23(33)29-22)11-3-10-30-12-14-34-15-13-30/h6-9H,1-5,10-16H2,(H,28,32). The van der Waals surface area contributed by atoms with Crippen LogP contribution in [0.15, 0.2) is 34.1 Å². The number of nitrogens with zero attached hydrogens (tertiary/aromatic N) is 3. The second-order valence-electron chi connectivity index (χ2n) is 8.70. The number of halogens is 3. The van der Waals surface area contributed by atoms with Crippen LogP contribution in [0.1, 0.15) is 36.1 Å². The highest BCUT2D eigenvalue weighted by molar-refractivity contribution is 8.00. The van der Waals surface area contributed by atoms with Crippen molar-refractivity contribution in [3.8, 4) is 0 Å². The van der Waals surface area contributed by atoms with Gasteiger partial charge in [-0.05, 0) is 56.4 Å². The van der Waals surface area contributed by atoms with Gasteiger partial charge in [-0.1, -0.05) is 11.8 Å². The summed E-state index contributed by atoms with van der Waals surface area (Å²) in [4.78, 5) is 31.9. The molecule has 1 saturated heterocycles. The van der Waals surface area contributed by atoms with Crippen LogP contribution in [0, 0.1) is 0 Å². The van der Waals surface area contributed by atoms with Gasteiger partial charge in [-0.15, -0.1) is 0 Å². The summed E-state index contributed by atoms with van der Waals surface area (Å²) < 4.78 is 45.3. The summed E-state index contributed by atoms with van der Waals surface area (Å²) in [5, 5.41) is 3.18. The van der Waals surface area contributed by atoms with Crippen molar-refractivity contribution in [1.82, 2.24) is 14.5 Å². The Bertz CT molecular complexity index is 1080. The van der Waals surface area contributed by atoms with Gasteiger partial charge in [-0.2, -0.15) is 18.2 Å². The van der Waals surface area contributed by atoms with Crippen LogP contribution in [-0.4, -0.2) is 59.0 Å². The Kier molecular flexibility index (Phi) is 8.51. The molecule has 7 nitrogen and oxygen atoms in total. The van der Waals surface area contributed by atoms with Gasteiger partial charge in [0.05, 0.1) is 24.5 Å². The fourth-order valence-corrected chi connectivity index (χ4v) is 5.33. The van der Waals surface area contributed by atoms with Crippen LogP contribution in [-0.2, 0) is 35.1 Å². The summed E-state index contributed by atoms with van der Waals surface area (Å²) in [6.07, 6.45) is 0.0806. The summed E-state index contributed by atoms with van der Waals surface area (Å²) in [6.45, 7) is 4.84. The van der Waals surface area contributed by atoms with Gasteiger partial charge >= 0.3 is 11.9 Å². The Hall–Kier alpha value is -2.37. The molecule has 0 saturated carbocycles. The Morgan fingerprint density at radius 1 is 1.09 bits per heavy atom. The second kappa shape index (κ2) is 11.6. The Labute approximate surface area is 206 Å². The van der Waals surface area contributed by atoms with E-state index in [-0.39, 0.29) is 23.0 Å². The molecule has 1 aromatic heterocycles. The average Bonchev–Trinajstić information content (AvgIpc) is 2.84. The molecule has 0 atom stereocenters. The lowest BCUT2D eigenvalue weighted by Crippen LogP contribution is -2.38. The number of amides is 1. The number of anilines is 1. The number of hydrogen-bond acceptors (Lipinski definition) is 6. The summed E-state index contributed by atoms with van der Waals surface area (Å²) in [5.74, 6) is -0.350. The van der Waals surface area contributed by atoms with Crippen molar-refractivity contribution in [2.24, 2.45) is 0 Å². The van der Waals surface area contributed by atoms with E-state index in [2.05, 4.69) is 15.2 Å². The molecule has 4 rings (SSSR count). The van der Waals surface area contributed by atoms with E-state index in [1.807, 2.05) is 0 Å². The number of thioether (sulfide) groups is 1. The van der Waals surface area contributed by atoms with E-state index in [9.17, 15) is 22.8 Å². The highest BCUT2D eigenvalue weighted by Crippen LogP contribution is 2.31. The number of alkyl halides is 3. The van der Waals surface area contributed by atoms with Crippen molar-refractivity contribution >= 4 is 23.4 Å². The molecule has 1 aliphatic heterocycles. The predicted molar refractivity (Wildman–Crippen MR) is 128 cm³/mol. The van der Waals surface area contributed by atoms with E-state index in [0.717, 1.165) is 88.3 Å². The molecule has 11 heteroatoms. The van der Waals surface area contributed by atoms with E-state index in [0.29, 0.717) is 11.6 Å². The monoisotopic (exact) mass is 510 g/mol. The number of morpholine rings is 1. The number of benzene rings is 1. The van der Waals surface area contributed by atoms with Crippen molar-refractivity contribution in [2.75, 3.05) is 43.9 Å². The van der Waals surface area contributed by atoms with E-state index < -0.39 is 11.7 Å². The number of ether oxygens (including phenoxy) is 1. The lowest BCUT2D eigenvalue weighted by molar-refractivity contribution is -0.137. The third kappa shape index (κ3) is 6.86. The van der Waals surface area contributed by atoms with Crippen molar-refractivity contribution in [3.05, 3.63) is 51.6 Å². The van der Waals surface area contributed by atoms with Crippen LogP contribution >= 0.6 is 11.8 Å². The highest BCUT2D eigenvalue weighted by Gasteiger charge is 2.30. The number of carbonyl (C=O) groups excluding carboxylic acids is 1. The Balaban J connectivity index is 1.38. The van der Waals surface area contributed by atoms with Gasteiger partial charge < -0.3 is 10.1 Å². The zero-order valence-electron chi connectivity index (χ0n) is 19.4. The summed E-state index contributed by atoms with van der Waals surface area (Å²) in [6, 6.07) is 4.31. The molecule has 0 radical (unpaired) electrons. The van der Waals surface area contributed by atoms with Crippen LogP contribution in [0.25, 0.3) is 0 Å². The fraction of sp³-hybridized carbons (Fsp3) is 0.542. The fourth-order valence-electron chi connectivity index (χ4n) is 4.45. The largest absolute Gasteiger partial charge is 0.416 e. The molecule has 0 spiro atoms. The predicted octanol–water partition coefficient (Wildman–Crippen LogP) is 3.59. The van der Waals surface area contributed by atoms with E-state index in [1.165, 1.54) is 23.9 Å². The molecular weight excluding hydrogens is 481 g/mol. The normalized spacial score (nSPS) is 16.7. The van der Waals surface area contributed by atoms with Crippen molar-refractivity contribution in [1.29, 1.82) is 0 Å². The zero-order valence-corrected chi connectivity index (χ0v) is 20.2. The first-order valence-electron chi connectivity index (χ1n) is 11.8. The summed E-state index contributed by atoms with van der Waals surface area (Å²) >= 11 is 1.20. The summed E-state index contributed by atoms with van der Waals surface area (Å²) in [7, 11) is 0. The number of fused-ring (bicyclic) bond motifs is 1. The van der Waals surface area contributed by atoms with Crippen molar-refractivity contribution < 1.29 is 22.7 Å². The van der Waals surface area contributed by atoms with Crippen LogP contribution < -0.4 is 11.0 Å². The minimum absolute atomic E-state index is 0.0148. The topological polar surface area (TPSA) is 76.5 Å². The SMILES string of the molecule is O=C(CSc1nc(=O)n(CCCN2CCOCC2)c2c1CCCC2)Nc1ccc(C(F)(F)F)cc1. The first kappa shape index (κ1) is 25.7. The van der Waals surface area contributed by atoms with Crippen LogP contribution in [0.4, 0.5) is 18.9 Å². The van der Waals surface area contributed by atoms with Gasteiger partial charge in [0.1, 0.15) is 5.03 Å². The molecule has 1 N–H and O–H groups in total. The molecule has 190 valence electrons. The third-order valence-corrected chi connectivity index (χ3v) is 7.26. The van der Waals surface area contributed by atoms with Gasteiger partial charge in [0.25, 0.3) is 0 Å². The van der Waals surface area contributed by atoms with Crippen LogP contribution in [0.3, 0.4) is 0 Å². The number of carbonyl (C=O) groups is 1. The summed E-state index contributed by atoms with van der Waals surface area (Å²) in [5.41, 5.74) is 1.28. The average molecular weight is 511 g/mol. The molecule has 1 aromatic carbocycles. The maximum absolute atomic E-state index is 12.9. The highest BCUT2D eigenvalue weighted by atomic mass is 32.2. The molecule has 1 aliphatic carbocycles. The van der Waals surface area contributed by atoms with Crippen molar-refractivity contribution in [3.63, 3.8) is 0 Å². The lowest BCUT2D eigenvalue weighted by atomic mass is 9.97. The van der Waals surface area contributed by atoms with Crippen molar-refractivity contribution in [2.45, 2.75) is 49.9 Å². The minimum atomic E-state index is -4.42. The van der Waals surface area contributed by atoms with Gasteiger partial charge in [0.15, 0.2) is 0 Å². The number of rotatable bonds is 8. The molecule has 1 amide bonds. The van der Waals surface area contributed by atoms with E-state index in [1.54, 1.807) is 4.57 Å². The van der Waals surface area contributed by atoms with E-state index in [4.69, 9.17) is 4.74 Å². The van der Waals surface area contributed by atoms with Gasteiger partial charge in [-0.3, -0.25) is 14.3 Å². The molecule has 0 unspecified atom stereocenters. The number of nitrogens with one attached hydrogen (secondary N) is 1. The third-order valence-electron chi connectivity index (χ3n) is 6.25. The van der Waals surface area contributed by atoms with Gasteiger partial charge in [0, 0.05) is 43.1 Å². The first-order valence-corrected chi connectivity index (χ1v) is 12.8. The Morgan fingerprint density at radius 3 is 2.51 bits per heavy atom. The maximum atomic E-state index is 12.9. The van der Waals surface area contributed by atoms with Gasteiger partial charge in [0.2, 0.25) is 5.91 Å². The second-order valence-corrected chi connectivity index (χ2v) is 9.67. The molecule has 2 aromatic rings. The van der Waals surface area contributed by atoms with Crippen LogP contribution in [0.2, 0.25) is 0 Å². The minimum Gasteiger partial charge on any atom is -0.379 e. The molecule has 2 heterocycles. The molecule has 1 fully saturated rings. The quantitative estimate of drug-likeness (QED) is 0.432. The zero-order chi connectivity index (χ0) is 24.8. The molecule has 0 bridgehead atoms. The number of aromatic nitrogens is 2. The smallest absolute Gasteiger partial charge is 0.379 e. The Morgan fingerprint density at radius 2 is 1.80 bits per heavy atom.